The minimum atomic E-state index is -4.77. The summed E-state index contributed by atoms with van der Waals surface area (Å²) in [5, 5.41) is 14.6. The van der Waals surface area contributed by atoms with Gasteiger partial charge >= 0.3 is 6.18 Å². The molecule has 1 heterocycles. The van der Waals surface area contributed by atoms with Crippen LogP contribution >= 0.6 is 23.8 Å². The monoisotopic (exact) mass is 561 g/mol. The summed E-state index contributed by atoms with van der Waals surface area (Å²) >= 11 is 11.6. The minimum absolute atomic E-state index is 0.167. The third-order valence-electron chi connectivity index (χ3n) is 5.87. The third-order valence-corrected chi connectivity index (χ3v) is 6.50. The lowest BCUT2D eigenvalue weighted by atomic mass is 10.0. The second-order valence-corrected chi connectivity index (χ2v) is 9.09. The minimum Gasteiger partial charge on any atom is -0.333 e. The van der Waals surface area contributed by atoms with Gasteiger partial charge in [-0.05, 0) is 42.5 Å². The number of benzene rings is 3. The number of nitrogens with one attached hydrogen (secondary N) is 1. The van der Waals surface area contributed by atoms with E-state index in [2.05, 4.69) is 10.3 Å². The number of nitrogens with zero attached hydrogens (tertiary/aromatic N) is 4. The SMILES string of the molecule is CN1C(=O)C(NC(=S)N(C)c2ccc(C(F)(F)F)cc2[N+](=O)[O-])N=C(c2ccccc2)c2cc(Cl)ccc21. The largest absolute Gasteiger partial charge is 0.416 e. The van der Waals surface area contributed by atoms with Crippen molar-refractivity contribution in [1.82, 2.24) is 5.32 Å². The first-order valence-corrected chi connectivity index (χ1v) is 11.8. The number of rotatable bonds is 4. The van der Waals surface area contributed by atoms with E-state index >= 15 is 0 Å². The van der Waals surface area contributed by atoms with Crippen molar-refractivity contribution in [3.05, 3.63) is 98.6 Å². The maximum Gasteiger partial charge on any atom is 0.416 e. The van der Waals surface area contributed by atoms with Gasteiger partial charge in [-0.1, -0.05) is 41.9 Å². The topological polar surface area (TPSA) is 91.1 Å². The van der Waals surface area contributed by atoms with E-state index in [1.54, 1.807) is 25.2 Å². The molecular weight excluding hydrogens is 543 g/mol. The van der Waals surface area contributed by atoms with Crippen LogP contribution in [0.1, 0.15) is 16.7 Å². The Labute approximate surface area is 225 Å². The molecule has 3 aromatic carbocycles. The molecule has 0 radical (unpaired) electrons. The first-order chi connectivity index (χ1) is 17.9. The number of halogens is 4. The number of carbonyl (C=O) groups excluding carboxylic acids is 1. The third kappa shape index (κ3) is 5.31. The van der Waals surface area contributed by atoms with Crippen molar-refractivity contribution < 1.29 is 22.9 Å². The van der Waals surface area contributed by atoms with Gasteiger partial charge in [0.15, 0.2) is 5.11 Å². The zero-order valence-electron chi connectivity index (χ0n) is 19.9. The maximum absolute atomic E-state index is 13.4. The van der Waals surface area contributed by atoms with Gasteiger partial charge in [-0.3, -0.25) is 14.9 Å². The van der Waals surface area contributed by atoms with Crippen LogP contribution in [0.2, 0.25) is 5.02 Å². The van der Waals surface area contributed by atoms with Crippen LogP contribution in [0.25, 0.3) is 0 Å². The van der Waals surface area contributed by atoms with E-state index in [0.29, 0.717) is 33.6 Å². The highest BCUT2D eigenvalue weighted by Crippen LogP contribution is 2.36. The molecular formula is C25H19ClF3N5O3S. The molecule has 0 bridgehead atoms. The Kier molecular flexibility index (Phi) is 7.38. The number of nitro groups is 1. The van der Waals surface area contributed by atoms with Crippen LogP contribution in [0.3, 0.4) is 0 Å². The van der Waals surface area contributed by atoms with E-state index < -0.39 is 34.4 Å². The normalized spacial score (nSPS) is 15.3. The predicted octanol–water partition coefficient (Wildman–Crippen LogP) is 5.42. The lowest BCUT2D eigenvalue weighted by molar-refractivity contribution is -0.384. The molecule has 0 spiro atoms. The van der Waals surface area contributed by atoms with Crippen molar-refractivity contribution >= 4 is 57.6 Å². The van der Waals surface area contributed by atoms with E-state index in [9.17, 15) is 28.1 Å². The summed E-state index contributed by atoms with van der Waals surface area (Å²) in [4.78, 5) is 31.2. The summed E-state index contributed by atoms with van der Waals surface area (Å²) < 4.78 is 39.4. The Morgan fingerprint density at radius 1 is 1.16 bits per heavy atom. The van der Waals surface area contributed by atoms with E-state index in [0.717, 1.165) is 17.0 Å². The number of aliphatic imine (C=N–C) groups is 1. The van der Waals surface area contributed by atoms with Crippen LogP contribution in [0.15, 0.2) is 71.7 Å². The molecule has 0 saturated carbocycles. The summed E-state index contributed by atoms with van der Waals surface area (Å²) in [6.07, 6.45) is -6.02. The van der Waals surface area contributed by atoms with Crippen molar-refractivity contribution in [2.45, 2.75) is 12.3 Å². The Bertz CT molecular complexity index is 1470. The molecule has 1 aliphatic heterocycles. The van der Waals surface area contributed by atoms with Crippen molar-refractivity contribution in [3.63, 3.8) is 0 Å². The molecule has 0 aromatic heterocycles. The molecule has 0 fully saturated rings. The van der Waals surface area contributed by atoms with E-state index in [-0.39, 0.29) is 10.8 Å². The van der Waals surface area contributed by atoms with Crippen LogP contribution in [-0.4, -0.2) is 41.9 Å². The van der Waals surface area contributed by atoms with E-state index in [4.69, 9.17) is 23.8 Å². The number of alkyl halides is 3. The van der Waals surface area contributed by atoms with Gasteiger partial charge in [0, 0.05) is 36.3 Å². The van der Waals surface area contributed by atoms with Gasteiger partial charge in [0.2, 0.25) is 6.17 Å². The number of nitro benzene ring substituents is 1. The molecule has 1 amide bonds. The number of carbonyl (C=O) groups is 1. The Morgan fingerprint density at radius 2 is 1.84 bits per heavy atom. The number of likely N-dealkylation sites (N-methyl/N-ethyl adjacent to an activating group) is 1. The fourth-order valence-corrected chi connectivity index (χ4v) is 4.30. The number of thiocarbonyl (C=S) groups is 1. The maximum atomic E-state index is 13.4. The van der Waals surface area contributed by atoms with Gasteiger partial charge in [-0.25, -0.2) is 4.99 Å². The highest BCUT2D eigenvalue weighted by Gasteiger charge is 2.35. The average Bonchev–Trinajstić information content (AvgIpc) is 2.98. The van der Waals surface area contributed by atoms with Crippen LogP contribution in [0, 0.1) is 10.1 Å². The Morgan fingerprint density at radius 3 is 2.47 bits per heavy atom. The summed E-state index contributed by atoms with van der Waals surface area (Å²) in [7, 11) is 2.90. The zero-order valence-corrected chi connectivity index (χ0v) is 21.4. The number of hydrogen-bond acceptors (Lipinski definition) is 5. The van der Waals surface area contributed by atoms with Crippen molar-refractivity contribution in [2.75, 3.05) is 23.9 Å². The number of fused-ring (bicyclic) bond motifs is 1. The molecule has 1 atom stereocenters. The molecule has 38 heavy (non-hydrogen) atoms. The summed E-state index contributed by atoms with van der Waals surface area (Å²) in [5.74, 6) is -0.489. The van der Waals surface area contributed by atoms with E-state index in [1.807, 2.05) is 30.3 Å². The van der Waals surface area contributed by atoms with Crippen LogP contribution in [-0.2, 0) is 11.0 Å². The number of anilines is 2. The number of hydrogen-bond donors (Lipinski definition) is 1. The quantitative estimate of drug-likeness (QED) is 0.260. The molecule has 4 rings (SSSR count). The fourth-order valence-electron chi connectivity index (χ4n) is 3.92. The van der Waals surface area contributed by atoms with Gasteiger partial charge in [0.1, 0.15) is 5.69 Å². The molecule has 1 aliphatic rings. The molecule has 3 aromatic rings. The van der Waals surface area contributed by atoms with Crippen LogP contribution in [0.5, 0.6) is 0 Å². The molecule has 196 valence electrons. The summed E-state index contributed by atoms with van der Waals surface area (Å²) in [6, 6.07) is 16.2. The second kappa shape index (κ2) is 10.4. The number of amides is 1. The van der Waals surface area contributed by atoms with E-state index in [1.165, 1.54) is 11.9 Å². The lowest BCUT2D eigenvalue weighted by Crippen LogP contribution is -2.49. The van der Waals surface area contributed by atoms with Crippen LogP contribution < -0.4 is 15.1 Å². The van der Waals surface area contributed by atoms with Gasteiger partial charge < -0.3 is 15.1 Å². The van der Waals surface area contributed by atoms with Gasteiger partial charge in [-0.15, -0.1) is 0 Å². The molecule has 13 heteroatoms. The molecule has 1 N–H and O–H groups in total. The first-order valence-electron chi connectivity index (χ1n) is 11.0. The van der Waals surface area contributed by atoms with Gasteiger partial charge in [0.05, 0.1) is 21.9 Å². The van der Waals surface area contributed by atoms with Crippen molar-refractivity contribution in [3.8, 4) is 0 Å². The zero-order chi connectivity index (χ0) is 27.8. The average molecular weight is 562 g/mol. The smallest absolute Gasteiger partial charge is 0.333 e. The fraction of sp³-hybridized carbons (Fsp3) is 0.160. The molecule has 0 saturated heterocycles. The molecule has 1 unspecified atom stereocenters. The summed E-state index contributed by atoms with van der Waals surface area (Å²) in [6.45, 7) is 0. The Hall–Kier alpha value is -4.03. The summed E-state index contributed by atoms with van der Waals surface area (Å²) in [5.41, 5.74) is 0.121. The number of benzodiazepines with no additional fused rings is 1. The second-order valence-electron chi connectivity index (χ2n) is 8.27. The van der Waals surface area contributed by atoms with Crippen molar-refractivity contribution in [1.29, 1.82) is 0 Å². The molecule has 0 aliphatic carbocycles. The first kappa shape index (κ1) is 27.0. The van der Waals surface area contributed by atoms with Crippen LogP contribution in [0.4, 0.5) is 30.2 Å². The van der Waals surface area contributed by atoms with Gasteiger partial charge in [0.25, 0.3) is 11.6 Å². The highest BCUT2D eigenvalue weighted by atomic mass is 35.5. The van der Waals surface area contributed by atoms with Gasteiger partial charge in [-0.2, -0.15) is 13.2 Å². The lowest BCUT2D eigenvalue weighted by Gasteiger charge is -2.25. The molecule has 8 nitrogen and oxygen atoms in total. The highest BCUT2D eigenvalue weighted by molar-refractivity contribution is 7.80. The Balaban J connectivity index is 1.73. The standard InChI is InChI=1S/C25H19ClF3N5O3S/c1-32-18-11-9-16(26)13-17(18)21(14-6-4-3-5-7-14)30-22(23(32)35)31-24(38)33(2)19-10-8-15(25(27,28)29)12-20(19)34(36)37/h3-13,22H,1-2H3,(H,31,38). The predicted molar refractivity (Wildman–Crippen MR) is 143 cm³/mol. The van der Waals surface area contributed by atoms with Crippen molar-refractivity contribution in [2.24, 2.45) is 4.99 Å².